The molecule has 2 aliphatic rings. The lowest BCUT2D eigenvalue weighted by molar-refractivity contribution is 0.127. The van der Waals surface area contributed by atoms with E-state index in [9.17, 15) is 9.90 Å². The van der Waals surface area contributed by atoms with Crippen LogP contribution in [0.15, 0.2) is 18.2 Å². The van der Waals surface area contributed by atoms with Gasteiger partial charge >= 0.3 is 6.03 Å². The van der Waals surface area contributed by atoms with Crippen LogP contribution in [-0.4, -0.2) is 48.8 Å². The Kier molecular flexibility index (Phi) is 5.00. The summed E-state index contributed by atoms with van der Waals surface area (Å²) in [6.07, 6.45) is 0. The topological polar surface area (TPSA) is 64.6 Å². The average Bonchev–Trinajstić information content (AvgIpc) is 3.00. The van der Waals surface area contributed by atoms with Gasteiger partial charge in [0.25, 0.3) is 0 Å². The maximum atomic E-state index is 12.5. The Labute approximate surface area is 137 Å². The number of aliphatic hydroxyl groups excluding tert-OH is 1. The lowest BCUT2D eigenvalue weighted by Crippen LogP contribution is -2.39. The number of benzene rings is 1. The van der Waals surface area contributed by atoms with E-state index in [1.54, 1.807) is 0 Å². The molecular formula is C16H24ClN3O2. The van der Waals surface area contributed by atoms with Crippen LogP contribution in [-0.2, 0) is 0 Å². The summed E-state index contributed by atoms with van der Waals surface area (Å²) < 4.78 is 0. The van der Waals surface area contributed by atoms with Gasteiger partial charge in [-0.3, -0.25) is 0 Å². The third-order valence-corrected chi connectivity index (χ3v) is 5.00. The molecule has 3 N–H and O–H groups in total. The average molecular weight is 326 g/mol. The molecule has 0 radical (unpaired) electrons. The minimum atomic E-state index is -0.155. The van der Waals surface area contributed by atoms with Crippen molar-refractivity contribution >= 4 is 24.1 Å². The predicted molar refractivity (Wildman–Crippen MR) is 89.6 cm³/mol. The number of carbonyl (C=O) groups excluding carboxylic acids is 1. The third-order valence-electron chi connectivity index (χ3n) is 5.00. The normalized spacial score (nSPS) is 26.5. The van der Waals surface area contributed by atoms with Crippen molar-refractivity contribution in [2.75, 3.05) is 38.1 Å². The van der Waals surface area contributed by atoms with E-state index in [1.807, 2.05) is 36.9 Å². The molecule has 122 valence electrons. The molecule has 0 saturated carbocycles. The Morgan fingerprint density at radius 3 is 2.73 bits per heavy atom. The van der Waals surface area contributed by atoms with Crippen molar-refractivity contribution in [2.45, 2.75) is 13.8 Å². The maximum absolute atomic E-state index is 12.5. The van der Waals surface area contributed by atoms with E-state index in [-0.39, 0.29) is 30.5 Å². The number of hydrogen-bond acceptors (Lipinski definition) is 3. The molecule has 2 aliphatic heterocycles. The number of rotatable bonds is 2. The van der Waals surface area contributed by atoms with Gasteiger partial charge in [0.15, 0.2) is 0 Å². The van der Waals surface area contributed by atoms with Gasteiger partial charge in [-0.2, -0.15) is 0 Å². The first-order valence-corrected chi connectivity index (χ1v) is 7.49. The zero-order valence-corrected chi connectivity index (χ0v) is 13.9. The zero-order chi connectivity index (χ0) is 15.0. The van der Waals surface area contributed by atoms with Gasteiger partial charge in [0, 0.05) is 37.3 Å². The van der Waals surface area contributed by atoms with Crippen LogP contribution >= 0.6 is 12.4 Å². The Bertz CT molecular complexity index is 546. The Balaban J connectivity index is 0.00000176. The second-order valence-corrected chi connectivity index (χ2v) is 6.43. The number of fused-ring (bicyclic) bond motifs is 1. The van der Waals surface area contributed by atoms with Crippen molar-refractivity contribution < 1.29 is 9.90 Å². The van der Waals surface area contributed by atoms with E-state index >= 15 is 0 Å². The van der Waals surface area contributed by atoms with Crippen molar-refractivity contribution in [1.29, 1.82) is 0 Å². The van der Waals surface area contributed by atoms with Gasteiger partial charge < -0.3 is 20.6 Å². The SMILES string of the molecule is Cc1cccc(C)c1NC(=O)N1CC2CNCC2(CO)C1.Cl. The monoisotopic (exact) mass is 325 g/mol. The van der Waals surface area contributed by atoms with Crippen LogP contribution in [0.4, 0.5) is 10.5 Å². The molecule has 1 aromatic carbocycles. The Morgan fingerprint density at radius 2 is 2.14 bits per heavy atom. The van der Waals surface area contributed by atoms with Crippen molar-refractivity contribution in [3.63, 3.8) is 0 Å². The highest BCUT2D eigenvalue weighted by Gasteiger charge is 2.50. The lowest BCUT2D eigenvalue weighted by atomic mass is 9.82. The van der Waals surface area contributed by atoms with Crippen LogP contribution < -0.4 is 10.6 Å². The van der Waals surface area contributed by atoms with Gasteiger partial charge in [-0.1, -0.05) is 18.2 Å². The predicted octanol–water partition coefficient (Wildman–Crippen LogP) is 1.77. The van der Waals surface area contributed by atoms with Crippen LogP contribution in [0.2, 0.25) is 0 Å². The molecule has 22 heavy (non-hydrogen) atoms. The Morgan fingerprint density at radius 1 is 1.45 bits per heavy atom. The molecule has 0 spiro atoms. The highest BCUT2D eigenvalue weighted by Crippen LogP contribution is 2.38. The minimum Gasteiger partial charge on any atom is -0.396 e. The summed E-state index contributed by atoms with van der Waals surface area (Å²) in [6, 6.07) is 5.93. The van der Waals surface area contributed by atoms with E-state index in [1.165, 1.54) is 0 Å². The molecule has 6 heteroatoms. The highest BCUT2D eigenvalue weighted by molar-refractivity contribution is 5.91. The van der Waals surface area contributed by atoms with E-state index in [0.717, 1.165) is 29.9 Å². The highest BCUT2D eigenvalue weighted by atomic mass is 35.5. The van der Waals surface area contributed by atoms with Gasteiger partial charge in [-0.15, -0.1) is 12.4 Å². The fraction of sp³-hybridized carbons (Fsp3) is 0.562. The molecule has 5 nitrogen and oxygen atoms in total. The number of amides is 2. The van der Waals surface area contributed by atoms with Gasteiger partial charge in [-0.25, -0.2) is 4.79 Å². The second kappa shape index (κ2) is 6.44. The van der Waals surface area contributed by atoms with Crippen molar-refractivity contribution in [3.8, 4) is 0 Å². The van der Waals surface area contributed by atoms with Gasteiger partial charge in [0.1, 0.15) is 0 Å². The molecule has 2 saturated heterocycles. The molecular weight excluding hydrogens is 302 g/mol. The number of nitrogens with zero attached hydrogens (tertiary/aromatic N) is 1. The van der Waals surface area contributed by atoms with E-state index in [4.69, 9.17) is 0 Å². The second-order valence-electron chi connectivity index (χ2n) is 6.43. The molecule has 3 rings (SSSR count). The summed E-state index contributed by atoms with van der Waals surface area (Å²) in [6.45, 7) is 7.15. The number of likely N-dealkylation sites (tertiary alicyclic amines) is 1. The zero-order valence-electron chi connectivity index (χ0n) is 13.1. The minimum absolute atomic E-state index is 0. The van der Waals surface area contributed by atoms with E-state index < -0.39 is 0 Å². The first-order chi connectivity index (χ1) is 10.1. The number of para-hydroxylation sites is 1. The fourth-order valence-corrected chi connectivity index (χ4v) is 3.60. The summed E-state index contributed by atoms with van der Waals surface area (Å²) in [5.74, 6) is 0.353. The van der Waals surface area contributed by atoms with Crippen molar-refractivity contribution in [1.82, 2.24) is 10.2 Å². The van der Waals surface area contributed by atoms with E-state index in [2.05, 4.69) is 10.6 Å². The molecule has 0 aromatic heterocycles. The van der Waals surface area contributed by atoms with Crippen LogP contribution in [0.3, 0.4) is 0 Å². The molecule has 0 bridgehead atoms. The third kappa shape index (κ3) is 2.81. The number of urea groups is 1. The van der Waals surface area contributed by atoms with E-state index in [0.29, 0.717) is 19.0 Å². The van der Waals surface area contributed by atoms with Crippen molar-refractivity contribution in [2.24, 2.45) is 11.3 Å². The number of halogens is 1. The van der Waals surface area contributed by atoms with Gasteiger partial charge in [-0.05, 0) is 30.9 Å². The number of carbonyl (C=O) groups is 1. The molecule has 2 atom stereocenters. The number of hydrogen-bond donors (Lipinski definition) is 3. The smallest absolute Gasteiger partial charge is 0.321 e. The largest absolute Gasteiger partial charge is 0.396 e. The molecule has 0 aliphatic carbocycles. The molecule has 2 heterocycles. The summed E-state index contributed by atoms with van der Waals surface area (Å²) >= 11 is 0. The van der Waals surface area contributed by atoms with Crippen LogP contribution in [0, 0.1) is 25.2 Å². The number of anilines is 1. The summed E-state index contributed by atoms with van der Waals surface area (Å²) in [5, 5.41) is 16.1. The standard InChI is InChI=1S/C16H23N3O2.ClH/c1-11-4-3-5-12(2)14(11)18-15(21)19-7-13-6-17-8-16(13,9-19)10-20;/h3-5,13,17,20H,6-10H2,1-2H3,(H,18,21);1H. The Hall–Kier alpha value is -1.30. The summed E-state index contributed by atoms with van der Waals surface area (Å²) in [5.41, 5.74) is 2.89. The molecule has 2 unspecified atom stereocenters. The number of aryl methyl sites for hydroxylation is 2. The van der Waals surface area contributed by atoms with Crippen LogP contribution in [0.1, 0.15) is 11.1 Å². The first kappa shape index (κ1) is 17.1. The molecule has 2 fully saturated rings. The fourth-order valence-electron chi connectivity index (χ4n) is 3.60. The first-order valence-electron chi connectivity index (χ1n) is 7.49. The number of nitrogens with one attached hydrogen (secondary N) is 2. The molecule has 1 aromatic rings. The van der Waals surface area contributed by atoms with Gasteiger partial charge in [0.05, 0.1) is 6.61 Å². The number of aliphatic hydroxyl groups is 1. The summed E-state index contributed by atoms with van der Waals surface area (Å²) in [4.78, 5) is 14.4. The van der Waals surface area contributed by atoms with Gasteiger partial charge in [0.2, 0.25) is 0 Å². The van der Waals surface area contributed by atoms with Crippen LogP contribution in [0.25, 0.3) is 0 Å². The van der Waals surface area contributed by atoms with Crippen LogP contribution in [0.5, 0.6) is 0 Å². The summed E-state index contributed by atoms with van der Waals surface area (Å²) in [7, 11) is 0. The maximum Gasteiger partial charge on any atom is 0.321 e. The quantitative estimate of drug-likeness (QED) is 0.776. The lowest BCUT2D eigenvalue weighted by Gasteiger charge is -2.25. The van der Waals surface area contributed by atoms with Crippen molar-refractivity contribution in [3.05, 3.63) is 29.3 Å². The molecule has 2 amide bonds.